The second kappa shape index (κ2) is 4.52. The van der Waals surface area contributed by atoms with Gasteiger partial charge in [0.2, 0.25) is 0 Å². The number of fused-ring (bicyclic) bond motifs is 2. The van der Waals surface area contributed by atoms with Gasteiger partial charge in [-0.25, -0.2) is 0 Å². The minimum atomic E-state index is 0.497. The Labute approximate surface area is 92.7 Å². The fourth-order valence-corrected chi connectivity index (χ4v) is 3.02. The van der Waals surface area contributed by atoms with Crippen LogP contribution in [0.3, 0.4) is 0 Å². The summed E-state index contributed by atoms with van der Waals surface area (Å²) in [5, 5.41) is 0. The van der Waals surface area contributed by atoms with Crippen LogP contribution in [-0.4, -0.2) is 35.9 Å². The first-order valence-corrected chi connectivity index (χ1v) is 6.24. The van der Waals surface area contributed by atoms with E-state index in [0.717, 1.165) is 24.3 Å². The second-order valence-corrected chi connectivity index (χ2v) is 5.00. The molecule has 2 heterocycles. The van der Waals surface area contributed by atoms with Gasteiger partial charge in [0, 0.05) is 18.5 Å². The zero-order valence-corrected chi connectivity index (χ0v) is 9.95. The predicted octanol–water partition coefficient (Wildman–Crippen LogP) is 1.77. The highest BCUT2D eigenvalue weighted by Gasteiger charge is 2.35. The van der Waals surface area contributed by atoms with Crippen LogP contribution in [0.25, 0.3) is 0 Å². The van der Waals surface area contributed by atoms with E-state index >= 15 is 0 Å². The summed E-state index contributed by atoms with van der Waals surface area (Å²) in [5.41, 5.74) is 5.83. The molecule has 0 aromatic carbocycles. The fourth-order valence-electron chi connectivity index (χ4n) is 3.02. The van der Waals surface area contributed by atoms with E-state index in [1.54, 1.807) is 0 Å². The summed E-state index contributed by atoms with van der Waals surface area (Å²) in [7, 11) is 2.28. The van der Waals surface area contributed by atoms with Crippen LogP contribution in [0, 0.1) is 0 Å². The molecule has 2 aliphatic heterocycles. The highest BCUT2D eigenvalue weighted by Crippen LogP contribution is 2.33. The van der Waals surface area contributed by atoms with E-state index in [-0.39, 0.29) is 0 Å². The number of amidine groups is 1. The minimum absolute atomic E-state index is 0.497. The zero-order valence-electron chi connectivity index (χ0n) is 9.95. The summed E-state index contributed by atoms with van der Waals surface area (Å²) in [6, 6.07) is 2.02. The smallest absolute Gasteiger partial charge is 0.0937 e. The standard InChI is InChI=1S/C12H23N3/c1-3-12(13)14-9-7-10-5-4-6-11(8-9)15(10)2/h9-11H,3-8H2,1-2H3,(H2,13,14). The lowest BCUT2D eigenvalue weighted by molar-refractivity contribution is 0.0574. The summed E-state index contributed by atoms with van der Waals surface area (Å²) in [6.45, 7) is 2.08. The van der Waals surface area contributed by atoms with Crippen molar-refractivity contribution in [1.82, 2.24) is 4.90 Å². The SMILES string of the molecule is CCC(N)=NC1CC2CCCC(C1)N2C. The van der Waals surface area contributed by atoms with Gasteiger partial charge in [0.1, 0.15) is 0 Å². The van der Waals surface area contributed by atoms with Crippen molar-refractivity contribution >= 4 is 5.84 Å². The van der Waals surface area contributed by atoms with E-state index in [4.69, 9.17) is 5.73 Å². The molecule has 2 bridgehead atoms. The van der Waals surface area contributed by atoms with Gasteiger partial charge in [0.15, 0.2) is 0 Å². The fraction of sp³-hybridized carbons (Fsp3) is 0.917. The van der Waals surface area contributed by atoms with Crippen LogP contribution in [0.15, 0.2) is 4.99 Å². The molecule has 0 radical (unpaired) electrons. The normalized spacial score (nSPS) is 38.0. The molecule has 3 nitrogen and oxygen atoms in total. The maximum atomic E-state index is 5.83. The first-order chi connectivity index (χ1) is 7.20. The molecule has 3 heteroatoms. The van der Waals surface area contributed by atoms with Crippen LogP contribution in [0.1, 0.15) is 45.4 Å². The quantitative estimate of drug-likeness (QED) is 0.556. The van der Waals surface area contributed by atoms with Crippen LogP contribution in [-0.2, 0) is 0 Å². The summed E-state index contributed by atoms with van der Waals surface area (Å²) >= 11 is 0. The van der Waals surface area contributed by atoms with Crippen molar-refractivity contribution in [1.29, 1.82) is 0 Å². The van der Waals surface area contributed by atoms with Crippen molar-refractivity contribution < 1.29 is 0 Å². The maximum Gasteiger partial charge on any atom is 0.0937 e. The van der Waals surface area contributed by atoms with Crippen molar-refractivity contribution in [3.63, 3.8) is 0 Å². The third-order valence-corrected chi connectivity index (χ3v) is 4.03. The highest BCUT2D eigenvalue weighted by molar-refractivity contribution is 5.80. The van der Waals surface area contributed by atoms with E-state index in [9.17, 15) is 0 Å². The van der Waals surface area contributed by atoms with Gasteiger partial charge >= 0.3 is 0 Å². The lowest BCUT2D eigenvalue weighted by atomic mass is 9.82. The topological polar surface area (TPSA) is 41.6 Å². The number of piperidine rings is 2. The molecule has 86 valence electrons. The molecule has 0 amide bonds. The van der Waals surface area contributed by atoms with Crippen LogP contribution < -0.4 is 5.73 Å². The Morgan fingerprint density at radius 3 is 2.47 bits per heavy atom. The Balaban J connectivity index is 2.01. The third kappa shape index (κ3) is 2.33. The monoisotopic (exact) mass is 209 g/mol. The summed E-state index contributed by atoms with van der Waals surface area (Å²) in [5.74, 6) is 0.836. The van der Waals surface area contributed by atoms with Crippen molar-refractivity contribution in [3.8, 4) is 0 Å². The Morgan fingerprint density at radius 2 is 1.93 bits per heavy atom. The summed E-state index contributed by atoms with van der Waals surface area (Å²) in [6.07, 6.45) is 7.43. The van der Waals surface area contributed by atoms with Gasteiger partial charge in [-0.15, -0.1) is 0 Å². The molecular weight excluding hydrogens is 186 g/mol. The van der Waals surface area contributed by atoms with Crippen LogP contribution in [0.5, 0.6) is 0 Å². The van der Waals surface area contributed by atoms with E-state index in [0.29, 0.717) is 6.04 Å². The van der Waals surface area contributed by atoms with Crippen molar-refractivity contribution in [3.05, 3.63) is 0 Å². The molecule has 15 heavy (non-hydrogen) atoms. The molecule has 0 aliphatic carbocycles. The molecule has 2 N–H and O–H groups in total. The molecular formula is C12H23N3. The molecule has 2 unspecified atom stereocenters. The molecule has 2 atom stereocenters. The van der Waals surface area contributed by atoms with E-state index < -0.39 is 0 Å². The number of nitrogens with two attached hydrogens (primary N) is 1. The predicted molar refractivity (Wildman–Crippen MR) is 64.1 cm³/mol. The van der Waals surface area contributed by atoms with Crippen molar-refractivity contribution in [2.45, 2.75) is 63.6 Å². The number of nitrogens with zero attached hydrogens (tertiary/aromatic N) is 2. The number of hydrogen-bond acceptors (Lipinski definition) is 2. The largest absolute Gasteiger partial charge is 0.387 e. The Kier molecular flexibility index (Phi) is 3.29. The molecule has 0 spiro atoms. The molecule has 2 saturated heterocycles. The molecule has 0 aromatic rings. The van der Waals surface area contributed by atoms with Crippen LogP contribution >= 0.6 is 0 Å². The number of rotatable bonds is 2. The van der Waals surface area contributed by atoms with Gasteiger partial charge in [-0.3, -0.25) is 4.99 Å². The lowest BCUT2D eigenvalue weighted by Gasteiger charge is -2.46. The molecule has 2 rings (SSSR count). The van der Waals surface area contributed by atoms with Crippen molar-refractivity contribution in [2.75, 3.05) is 7.05 Å². The van der Waals surface area contributed by atoms with Gasteiger partial charge in [-0.1, -0.05) is 13.3 Å². The van der Waals surface area contributed by atoms with E-state index in [1.165, 1.54) is 32.1 Å². The lowest BCUT2D eigenvalue weighted by Crippen LogP contribution is -2.51. The minimum Gasteiger partial charge on any atom is -0.387 e. The van der Waals surface area contributed by atoms with Gasteiger partial charge in [0.25, 0.3) is 0 Å². The summed E-state index contributed by atoms with van der Waals surface area (Å²) < 4.78 is 0. The highest BCUT2D eigenvalue weighted by atomic mass is 15.2. The maximum absolute atomic E-state index is 5.83. The molecule has 0 saturated carbocycles. The van der Waals surface area contributed by atoms with Crippen molar-refractivity contribution in [2.24, 2.45) is 10.7 Å². The first-order valence-electron chi connectivity index (χ1n) is 6.24. The zero-order chi connectivity index (χ0) is 10.8. The van der Waals surface area contributed by atoms with Gasteiger partial charge in [0.05, 0.1) is 11.9 Å². The Bertz CT molecular complexity index is 235. The Morgan fingerprint density at radius 1 is 1.33 bits per heavy atom. The molecule has 2 aliphatic rings. The Hall–Kier alpha value is -0.570. The average Bonchev–Trinajstić information content (AvgIpc) is 2.19. The van der Waals surface area contributed by atoms with Gasteiger partial charge in [-0.2, -0.15) is 0 Å². The molecule has 0 aromatic heterocycles. The van der Waals surface area contributed by atoms with Gasteiger partial charge in [-0.05, 0) is 32.7 Å². The van der Waals surface area contributed by atoms with E-state index in [1.807, 2.05) is 0 Å². The first kappa shape index (κ1) is 10.9. The number of aliphatic imine (C=N–C) groups is 1. The molecule has 2 fully saturated rings. The second-order valence-electron chi connectivity index (χ2n) is 5.00. The van der Waals surface area contributed by atoms with Gasteiger partial charge < -0.3 is 10.6 Å². The van der Waals surface area contributed by atoms with Crippen LogP contribution in [0.2, 0.25) is 0 Å². The summed E-state index contributed by atoms with van der Waals surface area (Å²) in [4.78, 5) is 7.21. The van der Waals surface area contributed by atoms with E-state index in [2.05, 4.69) is 23.9 Å². The third-order valence-electron chi connectivity index (χ3n) is 4.03. The van der Waals surface area contributed by atoms with Crippen LogP contribution in [0.4, 0.5) is 0 Å². The average molecular weight is 209 g/mol. The number of hydrogen-bond donors (Lipinski definition) is 1.